The molecule has 4 nitrogen and oxygen atoms in total. The van der Waals surface area contributed by atoms with E-state index in [1.54, 1.807) is 0 Å². The van der Waals surface area contributed by atoms with E-state index < -0.39 is 0 Å². The molecule has 2 aliphatic heterocycles. The summed E-state index contributed by atoms with van der Waals surface area (Å²) in [5, 5.41) is 9.86. The average Bonchev–Trinajstić information content (AvgIpc) is 2.70. The number of nitrogens with zero attached hydrogens (tertiary/aromatic N) is 3. The van der Waals surface area contributed by atoms with Gasteiger partial charge < -0.3 is 10.0 Å². The summed E-state index contributed by atoms with van der Waals surface area (Å²) >= 11 is 0. The Kier molecular flexibility index (Phi) is 2.45. The van der Waals surface area contributed by atoms with Crippen molar-refractivity contribution in [2.24, 2.45) is 0 Å². The second-order valence-electron chi connectivity index (χ2n) is 5.63. The zero-order chi connectivity index (χ0) is 12.8. The molecule has 3 heterocycles. The molecule has 1 N–H and O–H groups in total. The van der Waals surface area contributed by atoms with Gasteiger partial charge in [-0.25, -0.2) is 4.98 Å². The molecule has 4 heteroatoms. The van der Waals surface area contributed by atoms with E-state index in [4.69, 9.17) is 4.98 Å². The van der Waals surface area contributed by atoms with Crippen molar-refractivity contribution in [3.8, 4) is 0 Å². The van der Waals surface area contributed by atoms with Crippen LogP contribution in [-0.2, 0) is 0 Å². The van der Waals surface area contributed by atoms with Crippen LogP contribution in [0.25, 0.3) is 11.0 Å². The van der Waals surface area contributed by atoms with Crippen LogP contribution < -0.4 is 4.90 Å². The number of anilines is 1. The molecule has 0 aliphatic carbocycles. The van der Waals surface area contributed by atoms with Gasteiger partial charge in [-0.05, 0) is 37.8 Å². The van der Waals surface area contributed by atoms with Gasteiger partial charge >= 0.3 is 0 Å². The second kappa shape index (κ2) is 4.17. The first kappa shape index (κ1) is 11.2. The van der Waals surface area contributed by atoms with Crippen molar-refractivity contribution in [1.82, 2.24) is 9.97 Å². The number of aromatic nitrogens is 2. The highest BCUT2D eigenvalue weighted by Gasteiger charge is 2.40. The summed E-state index contributed by atoms with van der Waals surface area (Å²) in [6.45, 7) is 0. The van der Waals surface area contributed by atoms with E-state index in [1.165, 1.54) is 0 Å². The van der Waals surface area contributed by atoms with Crippen LogP contribution in [0, 0.1) is 0 Å². The van der Waals surface area contributed by atoms with E-state index >= 15 is 0 Å². The summed E-state index contributed by atoms with van der Waals surface area (Å²) in [6, 6.07) is 8.84. The molecular formula is C15H17N3O. The topological polar surface area (TPSA) is 49.2 Å². The molecule has 1 aromatic heterocycles. The maximum Gasteiger partial charge on any atom is 0.148 e. The molecule has 2 aliphatic rings. The fraction of sp³-hybridized carbons (Fsp3) is 0.467. The number of para-hydroxylation sites is 2. The number of aliphatic hydroxyl groups excluding tert-OH is 1. The minimum Gasteiger partial charge on any atom is -0.393 e. The van der Waals surface area contributed by atoms with Gasteiger partial charge in [-0.15, -0.1) is 0 Å². The van der Waals surface area contributed by atoms with Crippen molar-refractivity contribution in [2.75, 3.05) is 4.90 Å². The van der Waals surface area contributed by atoms with Crippen molar-refractivity contribution in [3.05, 3.63) is 30.5 Å². The third-order valence-corrected chi connectivity index (χ3v) is 4.41. The SMILES string of the molecule is OC1CC2CCC(C1)N2c1cnc2ccccc2n1. The van der Waals surface area contributed by atoms with Crippen LogP contribution in [0.5, 0.6) is 0 Å². The number of aliphatic hydroxyl groups is 1. The number of hydrogen-bond donors (Lipinski definition) is 1. The van der Waals surface area contributed by atoms with Crippen LogP contribution in [0.3, 0.4) is 0 Å². The fourth-order valence-corrected chi connectivity index (χ4v) is 3.59. The predicted octanol–water partition coefficient (Wildman–Crippen LogP) is 2.12. The number of piperidine rings is 1. The van der Waals surface area contributed by atoms with Gasteiger partial charge in [-0.2, -0.15) is 0 Å². The van der Waals surface area contributed by atoms with Gasteiger partial charge in [0.25, 0.3) is 0 Å². The first-order valence-electron chi connectivity index (χ1n) is 6.99. The molecule has 2 fully saturated rings. The zero-order valence-corrected chi connectivity index (χ0v) is 10.7. The summed E-state index contributed by atoms with van der Waals surface area (Å²) in [4.78, 5) is 11.6. The monoisotopic (exact) mass is 255 g/mol. The highest BCUT2D eigenvalue weighted by molar-refractivity contribution is 5.75. The van der Waals surface area contributed by atoms with Crippen LogP contribution in [0.4, 0.5) is 5.82 Å². The Hall–Kier alpha value is -1.68. The Labute approximate surface area is 112 Å². The Morgan fingerprint density at radius 3 is 2.47 bits per heavy atom. The molecule has 2 aromatic rings. The summed E-state index contributed by atoms with van der Waals surface area (Å²) in [6.07, 6.45) is 5.80. The summed E-state index contributed by atoms with van der Waals surface area (Å²) in [5.74, 6) is 0.970. The van der Waals surface area contributed by atoms with Crippen molar-refractivity contribution in [1.29, 1.82) is 0 Å². The van der Waals surface area contributed by atoms with Crippen molar-refractivity contribution in [3.63, 3.8) is 0 Å². The number of fused-ring (bicyclic) bond motifs is 3. The molecule has 19 heavy (non-hydrogen) atoms. The Morgan fingerprint density at radius 2 is 1.74 bits per heavy atom. The molecule has 0 spiro atoms. The second-order valence-corrected chi connectivity index (χ2v) is 5.63. The molecule has 1 aromatic carbocycles. The van der Waals surface area contributed by atoms with Gasteiger partial charge in [0, 0.05) is 12.1 Å². The highest BCUT2D eigenvalue weighted by atomic mass is 16.3. The molecule has 4 rings (SSSR count). The van der Waals surface area contributed by atoms with Gasteiger partial charge in [0.1, 0.15) is 5.82 Å². The third kappa shape index (κ3) is 1.78. The molecule has 2 unspecified atom stereocenters. The average molecular weight is 255 g/mol. The summed E-state index contributed by atoms with van der Waals surface area (Å²) < 4.78 is 0. The predicted molar refractivity (Wildman–Crippen MR) is 74.1 cm³/mol. The van der Waals surface area contributed by atoms with Crippen molar-refractivity contribution >= 4 is 16.9 Å². The molecule has 0 amide bonds. The number of benzene rings is 1. The third-order valence-electron chi connectivity index (χ3n) is 4.41. The fourth-order valence-electron chi connectivity index (χ4n) is 3.59. The molecular weight excluding hydrogens is 238 g/mol. The van der Waals surface area contributed by atoms with E-state index in [0.29, 0.717) is 12.1 Å². The zero-order valence-electron chi connectivity index (χ0n) is 10.7. The maximum absolute atomic E-state index is 9.86. The summed E-state index contributed by atoms with van der Waals surface area (Å²) in [7, 11) is 0. The molecule has 2 saturated heterocycles. The number of hydrogen-bond acceptors (Lipinski definition) is 4. The standard InChI is InChI=1S/C15H17N3O/c19-12-7-10-5-6-11(8-12)18(10)15-9-16-13-3-1-2-4-14(13)17-15/h1-4,9-12,19H,5-8H2. The van der Waals surface area contributed by atoms with Crippen LogP contribution in [-0.4, -0.2) is 33.3 Å². The van der Waals surface area contributed by atoms with Crippen LogP contribution in [0.2, 0.25) is 0 Å². The Bertz CT molecular complexity index is 601. The van der Waals surface area contributed by atoms with Crippen LogP contribution in [0.15, 0.2) is 30.5 Å². The number of rotatable bonds is 1. The Morgan fingerprint density at radius 1 is 1.05 bits per heavy atom. The molecule has 0 saturated carbocycles. The van der Waals surface area contributed by atoms with E-state index in [0.717, 1.165) is 42.5 Å². The minimum absolute atomic E-state index is 0.137. The lowest BCUT2D eigenvalue weighted by molar-refractivity contribution is 0.126. The van der Waals surface area contributed by atoms with Gasteiger partial charge in [0.15, 0.2) is 0 Å². The highest BCUT2D eigenvalue weighted by Crippen LogP contribution is 2.38. The molecule has 98 valence electrons. The van der Waals surface area contributed by atoms with Crippen LogP contribution in [0.1, 0.15) is 25.7 Å². The first-order valence-corrected chi connectivity index (χ1v) is 6.99. The molecule has 2 bridgehead atoms. The first-order chi connectivity index (χ1) is 9.31. The minimum atomic E-state index is -0.137. The largest absolute Gasteiger partial charge is 0.393 e. The lowest BCUT2D eigenvalue weighted by Crippen LogP contribution is -2.45. The normalized spacial score (nSPS) is 29.9. The van der Waals surface area contributed by atoms with Crippen molar-refractivity contribution in [2.45, 2.75) is 43.9 Å². The summed E-state index contributed by atoms with van der Waals surface area (Å²) in [5.41, 5.74) is 1.89. The van der Waals surface area contributed by atoms with Gasteiger partial charge in [0.2, 0.25) is 0 Å². The lowest BCUT2D eigenvalue weighted by Gasteiger charge is -2.37. The van der Waals surface area contributed by atoms with E-state index in [2.05, 4.69) is 9.88 Å². The van der Waals surface area contributed by atoms with Gasteiger partial charge in [-0.1, -0.05) is 12.1 Å². The smallest absolute Gasteiger partial charge is 0.148 e. The quantitative estimate of drug-likeness (QED) is 0.848. The lowest BCUT2D eigenvalue weighted by atomic mass is 10.00. The van der Waals surface area contributed by atoms with Crippen molar-refractivity contribution < 1.29 is 5.11 Å². The van der Waals surface area contributed by atoms with Gasteiger partial charge in [0.05, 0.1) is 23.3 Å². The molecule has 2 atom stereocenters. The van der Waals surface area contributed by atoms with E-state index in [9.17, 15) is 5.11 Å². The van der Waals surface area contributed by atoms with E-state index in [1.807, 2.05) is 30.5 Å². The Balaban J connectivity index is 1.74. The van der Waals surface area contributed by atoms with Crippen LogP contribution >= 0.6 is 0 Å². The maximum atomic E-state index is 9.86. The van der Waals surface area contributed by atoms with E-state index in [-0.39, 0.29) is 6.10 Å². The molecule has 0 radical (unpaired) electrons. The van der Waals surface area contributed by atoms with Gasteiger partial charge in [-0.3, -0.25) is 4.98 Å².